The maximum Gasteiger partial charge on any atom is 0.262 e. The van der Waals surface area contributed by atoms with Crippen LogP contribution in [0.1, 0.15) is 15.9 Å². The standard InChI is InChI=1S/C21H16N4O3/c1-13-6-5-11-22-18(13)19-24-21(28-25-19)16-12-15(9-10-17(16)26)23-20(27)14-7-3-2-4-8-14/h2-12,26H,1H3,(H,23,27). The lowest BCUT2D eigenvalue weighted by Crippen LogP contribution is -2.11. The zero-order valence-electron chi connectivity index (χ0n) is 15.0. The highest BCUT2D eigenvalue weighted by atomic mass is 16.5. The van der Waals surface area contributed by atoms with E-state index in [0.717, 1.165) is 5.56 Å². The van der Waals surface area contributed by atoms with Crippen molar-refractivity contribution in [1.82, 2.24) is 15.1 Å². The van der Waals surface area contributed by atoms with Crippen molar-refractivity contribution in [2.75, 3.05) is 5.32 Å². The van der Waals surface area contributed by atoms with E-state index in [1.54, 1.807) is 42.6 Å². The van der Waals surface area contributed by atoms with Crippen LogP contribution in [0.15, 0.2) is 71.4 Å². The van der Waals surface area contributed by atoms with E-state index in [4.69, 9.17) is 4.52 Å². The normalized spacial score (nSPS) is 10.6. The molecule has 2 N–H and O–H groups in total. The highest BCUT2D eigenvalue weighted by Crippen LogP contribution is 2.32. The van der Waals surface area contributed by atoms with Gasteiger partial charge in [0.25, 0.3) is 11.8 Å². The highest BCUT2D eigenvalue weighted by Gasteiger charge is 2.17. The summed E-state index contributed by atoms with van der Waals surface area (Å²) in [4.78, 5) is 20.9. The van der Waals surface area contributed by atoms with Crippen LogP contribution >= 0.6 is 0 Å². The van der Waals surface area contributed by atoms with E-state index in [1.165, 1.54) is 6.07 Å². The molecule has 0 aliphatic rings. The minimum atomic E-state index is -0.257. The average Bonchev–Trinajstić information content (AvgIpc) is 3.20. The molecule has 4 aromatic rings. The van der Waals surface area contributed by atoms with Gasteiger partial charge >= 0.3 is 0 Å². The molecule has 4 rings (SSSR count). The van der Waals surface area contributed by atoms with Crippen molar-refractivity contribution in [2.45, 2.75) is 6.92 Å². The first kappa shape index (κ1) is 17.4. The summed E-state index contributed by atoms with van der Waals surface area (Å²) in [5.74, 6) is 0.165. The fourth-order valence-corrected chi connectivity index (χ4v) is 2.73. The Morgan fingerprint density at radius 3 is 2.68 bits per heavy atom. The van der Waals surface area contributed by atoms with Gasteiger partial charge in [-0.25, -0.2) is 0 Å². The molecule has 0 unspecified atom stereocenters. The lowest BCUT2D eigenvalue weighted by atomic mass is 10.1. The lowest BCUT2D eigenvalue weighted by molar-refractivity contribution is 0.102. The molecule has 2 aromatic carbocycles. The Balaban J connectivity index is 1.63. The van der Waals surface area contributed by atoms with E-state index >= 15 is 0 Å². The van der Waals surface area contributed by atoms with Crippen molar-refractivity contribution in [2.24, 2.45) is 0 Å². The third-order valence-electron chi connectivity index (χ3n) is 4.17. The molecule has 2 aromatic heterocycles. The number of nitrogens with one attached hydrogen (secondary N) is 1. The average molecular weight is 372 g/mol. The van der Waals surface area contributed by atoms with Crippen LogP contribution in [-0.2, 0) is 0 Å². The molecular weight excluding hydrogens is 356 g/mol. The van der Waals surface area contributed by atoms with E-state index in [9.17, 15) is 9.90 Å². The molecule has 0 radical (unpaired) electrons. The Kier molecular flexibility index (Phi) is 4.55. The third-order valence-corrected chi connectivity index (χ3v) is 4.17. The number of pyridine rings is 1. The monoisotopic (exact) mass is 372 g/mol. The van der Waals surface area contributed by atoms with Gasteiger partial charge in [0.05, 0.1) is 5.56 Å². The van der Waals surface area contributed by atoms with Gasteiger partial charge in [-0.2, -0.15) is 4.98 Å². The van der Waals surface area contributed by atoms with Crippen LogP contribution in [0.25, 0.3) is 23.0 Å². The number of benzene rings is 2. The van der Waals surface area contributed by atoms with Crippen LogP contribution < -0.4 is 5.32 Å². The first-order valence-electron chi connectivity index (χ1n) is 8.57. The van der Waals surface area contributed by atoms with Crippen LogP contribution in [0.4, 0.5) is 5.69 Å². The number of rotatable bonds is 4. The molecule has 0 saturated heterocycles. The SMILES string of the molecule is Cc1cccnc1-c1noc(-c2cc(NC(=O)c3ccccc3)ccc2O)n1. The van der Waals surface area contributed by atoms with Gasteiger partial charge in [0, 0.05) is 17.4 Å². The zero-order chi connectivity index (χ0) is 19.5. The maximum absolute atomic E-state index is 12.3. The number of carbonyl (C=O) groups excluding carboxylic acids is 1. The molecule has 28 heavy (non-hydrogen) atoms. The second-order valence-corrected chi connectivity index (χ2v) is 6.14. The number of phenols is 1. The van der Waals surface area contributed by atoms with Gasteiger partial charge in [-0.1, -0.05) is 29.4 Å². The highest BCUT2D eigenvalue weighted by molar-refractivity contribution is 6.04. The van der Waals surface area contributed by atoms with Gasteiger partial charge < -0.3 is 14.9 Å². The number of hydrogen-bond donors (Lipinski definition) is 2. The maximum atomic E-state index is 12.3. The lowest BCUT2D eigenvalue weighted by Gasteiger charge is -2.07. The summed E-state index contributed by atoms with van der Waals surface area (Å²) in [5.41, 5.74) is 2.85. The second-order valence-electron chi connectivity index (χ2n) is 6.14. The summed E-state index contributed by atoms with van der Waals surface area (Å²) in [6, 6.07) is 17.2. The van der Waals surface area contributed by atoms with Crippen LogP contribution in [0.5, 0.6) is 5.75 Å². The number of hydrogen-bond acceptors (Lipinski definition) is 6. The number of amides is 1. The molecule has 138 valence electrons. The Hall–Kier alpha value is -4.00. The second kappa shape index (κ2) is 7.32. The summed E-state index contributed by atoms with van der Waals surface area (Å²) >= 11 is 0. The number of anilines is 1. The van der Waals surface area contributed by atoms with Crippen molar-refractivity contribution in [3.63, 3.8) is 0 Å². The Bertz CT molecular complexity index is 1140. The van der Waals surface area contributed by atoms with Crippen LogP contribution in [0, 0.1) is 6.92 Å². The largest absolute Gasteiger partial charge is 0.507 e. The molecule has 0 aliphatic heterocycles. The summed E-state index contributed by atoms with van der Waals surface area (Å²) in [7, 11) is 0. The first-order valence-corrected chi connectivity index (χ1v) is 8.57. The molecule has 7 heteroatoms. The number of aromatic hydroxyl groups is 1. The van der Waals surface area contributed by atoms with E-state index in [2.05, 4.69) is 20.4 Å². The van der Waals surface area contributed by atoms with Gasteiger partial charge in [0.1, 0.15) is 11.4 Å². The minimum Gasteiger partial charge on any atom is -0.507 e. The van der Waals surface area contributed by atoms with Crippen molar-refractivity contribution >= 4 is 11.6 Å². The van der Waals surface area contributed by atoms with Crippen LogP contribution in [0.3, 0.4) is 0 Å². The molecule has 1 amide bonds. The fraction of sp³-hybridized carbons (Fsp3) is 0.0476. The third kappa shape index (κ3) is 3.45. The van der Waals surface area contributed by atoms with E-state index < -0.39 is 0 Å². The molecule has 7 nitrogen and oxygen atoms in total. The van der Waals surface area contributed by atoms with Gasteiger partial charge in [-0.05, 0) is 48.9 Å². The number of nitrogens with zero attached hydrogens (tertiary/aromatic N) is 3. The zero-order valence-corrected chi connectivity index (χ0v) is 15.0. The molecule has 0 atom stereocenters. The van der Waals surface area contributed by atoms with Gasteiger partial charge in [0.15, 0.2) is 0 Å². The quantitative estimate of drug-likeness (QED) is 0.524. The molecular formula is C21H16N4O3. The van der Waals surface area contributed by atoms with Crippen molar-refractivity contribution < 1.29 is 14.4 Å². The summed E-state index contributed by atoms with van der Waals surface area (Å²) in [6.45, 7) is 1.90. The molecule has 2 heterocycles. The Labute approximate surface area is 160 Å². The summed E-state index contributed by atoms with van der Waals surface area (Å²) in [5, 5.41) is 17.0. The van der Waals surface area contributed by atoms with Gasteiger partial charge in [-0.3, -0.25) is 9.78 Å². The smallest absolute Gasteiger partial charge is 0.262 e. The van der Waals surface area contributed by atoms with Crippen molar-refractivity contribution in [3.8, 4) is 28.7 Å². The predicted molar refractivity (Wildman–Crippen MR) is 104 cm³/mol. The van der Waals surface area contributed by atoms with Crippen molar-refractivity contribution in [3.05, 3.63) is 78.0 Å². The number of carbonyl (C=O) groups is 1. The van der Waals surface area contributed by atoms with Crippen LogP contribution in [-0.4, -0.2) is 26.1 Å². The van der Waals surface area contributed by atoms with Crippen LogP contribution in [0.2, 0.25) is 0 Å². The molecule has 0 saturated carbocycles. The van der Waals surface area contributed by atoms with Gasteiger partial charge in [-0.15, -0.1) is 0 Å². The van der Waals surface area contributed by atoms with E-state index in [0.29, 0.717) is 28.3 Å². The van der Waals surface area contributed by atoms with E-state index in [1.807, 2.05) is 25.1 Å². The molecule has 0 fully saturated rings. The van der Waals surface area contributed by atoms with E-state index in [-0.39, 0.29) is 17.5 Å². The number of aryl methyl sites for hydroxylation is 1. The molecule has 0 spiro atoms. The molecule has 0 aliphatic carbocycles. The fourth-order valence-electron chi connectivity index (χ4n) is 2.73. The number of phenolic OH excluding ortho intramolecular Hbond substituents is 1. The Morgan fingerprint density at radius 2 is 1.89 bits per heavy atom. The Morgan fingerprint density at radius 1 is 1.07 bits per heavy atom. The topological polar surface area (TPSA) is 101 Å². The summed E-state index contributed by atoms with van der Waals surface area (Å²) in [6.07, 6.45) is 1.65. The first-order chi connectivity index (χ1) is 13.6. The number of aromatic nitrogens is 3. The van der Waals surface area contributed by atoms with Gasteiger partial charge in [0.2, 0.25) is 5.82 Å². The summed E-state index contributed by atoms with van der Waals surface area (Å²) < 4.78 is 5.31. The predicted octanol–water partition coefficient (Wildman–Crippen LogP) is 4.06. The minimum absolute atomic E-state index is 0.0364. The van der Waals surface area contributed by atoms with Crippen molar-refractivity contribution in [1.29, 1.82) is 0 Å². The molecule has 0 bridgehead atoms.